The number of hydrogen-bond acceptors (Lipinski definition) is 8. The molecule has 1 saturated heterocycles. The molecule has 27 heavy (non-hydrogen) atoms. The summed E-state index contributed by atoms with van der Waals surface area (Å²) in [5, 5.41) is 31.7. The molecule has 0 aromatic heterocycles. The van der Waals surface area contributed by atoms with E-state index in [0.29, 0.717) is 28.3 Å². The van der Waals surface area contributed by atoms with Gasteiger partial charge in [0.15, 0.2) is 6.29 Å². The van der Waals surface area contributed by atoms with Gasteiger partial charge >= 0.3 is 0 Å². The lowest BCUT2D eigenvalue weighted by atomic mass is 10.1. The van der Waals surface area contributed by atoms with Crippen LogP contribution in [0.25, 0.3) is 0 Å². The van der Waals surface area contributed by atoms with Crippen LogP contribution in [0.2, 0.25) is 0 Å². The van der Waals surface area contributed by atoms with Crippen molar-refractivity contribution in [2.75, 3.05) is 17.8 Å². The van der Waals surface area contributed by atoms with Crippen molar-refractivity contribution < 1.29 is 18.4 Å². The molecule has 2 atom stereocenters. The Hall–Kier alpha value is -1.72. The van der Waals surface area contributed by atoms with Crippen molar-refractivity contribution in [1.82, 2.24) is 5.32 Å². The van der Waals surface area contributed by atoms with Crippen LogP contribution in [0.4, 0.5) is 10.1 Å². The zero-order valence-electron chi connectivity index (χ0n) is 14.5. The van der Waals surface area contributed by atoms with Crippen molar-refractivity contribution in [3.05, 3.63) is 51.5 Å². The zero-order chi connectivity index (χ0) is 19.8. The molecule has 1 aromatic carbocycles. The third-order valence-electron chi connectivity index (χ3n) is 3.56. The lowest BCUT2D eigenvalue weighted by Gasteiger charge is -2.22. The quantitative estimate of drug-likeness (QED) is 0.219. The Morgan fingerprint density at radius 2 is 2.30 bits per heavy atom. The van der Waals surface area contributed by atoms with E-state index in [1.54, 1.807) is 0 Å². The fourth-order valence-corrected chi connectivity index (χ4v) is 3.45. The summed E-state index contributed by atoms with van der Waals surface area (Å²) in [7, 11) is 0. The van der Waals surface area contributed by atoms with E-state index >= 15 is 0 Å². The number of aliphatic hydroxyl groups is 1. The smallest absolute Gasteiger partial charge is 0.200 e. The lowest BCUT2D eigenvalue weighted by Crippen LogP contribution is -2.25. The summed E-state index contributed by atoms with van der Waals surface area (Å²) in [5.74, 6) is -0.129. The van der Waals surface area contributed by atoms with Crippen LogP contribution in [0.3, 0.4) is 0 Å². The second-order valence-electron chi connectivity index (χ2n) is 5.32. The Labute approximate surface area is 169 Å². The second-order valence-corrected chi connectivity index (χ2v) is 6.78. The van der Waals surface area contributed by atoms with Gasteiger partial charge in [-0.05, 0) is 47.1 Å². The maximum atomic E-state index is 13.7. The topological polar surface area (TPSA) is 110 Å². The molecule has 0 saturated carbocycles. The van der Waals surface area contributed by atoms with E-state index in [-0.39, 0.29) is 11.3 Å². The van der Waals surface area contributed by atoms with Gasteiger partial charge in [-0.25, -0.2) is 4.39 Å². The van der Waals surface area contributed by atoms with E-state index in [2.05, 4.69) is 26.6 Å². The third kappa shape index (κ3) is 5.63. The molecule has 2 unspecified atom stereocenters. The standard InChI is InChI=1S/C17H20BrFN4O3S/c1-2-22-16(18)12(8-21)15(24)14(5-6-20)23-13-4-3-10(19)7-11(13)17-25-9-27-26-17/h3-8,15,17,20-24H,2,9H2,1H3/b14-5-,16-12+,20-6?,21-8?. The minimum Gasteiger partial charge on any atom is -0.382 e. The summed E-state index contributed by atoms with van der Waals surface area (Å²) in [6, 6.07) is 4.05. The summed E-state index contributed by atoms with van der Waals surface area (Å²) < 4.78 is 25.0. The highest BCUT2D eigenvalue weighted by molar-refractivity contribution is 9.11. The van der Waals surface area contributed by atoms with Crippen LogP contribution in [0.5, 0.6) is 0 Å². The summed E-state index contributed by atoms with van der Waals surface area (Å²) in [6.07, 6.45) is 1.41. The molecule has 1 aliphatic heterocycles. The third-order valence-corrected chi connectivity index (χ3v) is 4.84. The number of benzene rings is 1. The molecule has 0 bridgehead atoms. The maximum Gasteiger partial charge on any atom is 0.200 e. The van der Waals surface area contributed by atoms with Gasteiger partial charge in [-0.15, -0.1) is 0 Å². The molecule has 1 fully saturated rings. The Balaban J connectivity index is 2.37. The first-order valence-electron chi connectivity index (χ1n) is 8.00. The van der Waals surface area contributed by atoms with Gasteiger partial charge in [0.2, 0.25) is 0 Å². The molecule has 7 nitrogen and oxygen atoms in total. The summed E-state index contributed by atoms with van der Waals surface area (Å²) >= 11 is 4.42. The van der Waals surface area contributed by atoms with Crippen molar-refractivity contribution in [3.8, 4) is 0 Å². The number of halogens is 2. The van der Waals surface area contributed by atoms with Gasteiger partial charge in [0.25, 0.3) is 0 Å². The molecular formula is C17H20BrFN4O3S. The SMILES string of the molecule is CCN/C(Br)=C(\C=N)C(O)/C(=C/C=N)Nc1ccc(F)cc1C1OCSO1. The van der Waals surface area contributed by atoms with E-state index < -0.39 is 18.2 Å². The number of ether oxygens (including phenoxy) is 1. The largest absolute Gasteiger partial charge is 0.382 e. The number of rotatable bonds is 9. The van der Waals surface area contributed by atoms with Crippen molar-refractivity contribution in [2.45, 2.75) is 19.3 Å². The first kappa shape index (κ1) is 21.6. The van der Waals surface area contributed by atoms with E-state index in [1.807, 2.05) is 6.92 Å². The van der Waals surface area contributed by atoms with Crippen molar-refractivity contribution in [3.63, 3.8) is 0 Å². The molecule has 1 heterocycles. The number of hydrogen-bond donors (Lipinski definition) is 5. The molecule has 0 radical (unpaired) electrons. The Morgan fingerprint density at radius 3 is 2.89 bits per heavy atom. The minimum absolute atomic E-state index is 0.233. The van der Waals surface area contributed by atoms with Crippen LogP contribution in [-0.2, 0) is 8.92 Å². The van der Waals surface area contributed by atoms with E-state index in [4.69, 9.17) is 19.7 Å². The molecule has 1 aliphatic rings. The highest BCUT2D eigenvalue weighted by Crippen LogP contribution is 2.36. The van der Waals surface area contributed by atoms with Gasteiger partial charge in [-0.1, -0.05) is 0 Å². The first-order valence-corrected chi connectivity index (χ1v) is 9.71. The number of nitrogens with one attached hydrogen (secondary N) is 4. The highest BCUT2D eigenvalue weighted by Gasteiger charge is 2.25. The van der Waals surface area contributed by atoms with Crippen LogP contribution in [0.15, 0.2) is 40.2 Å². The fourth-order valence-electron chi connectivity index (χ4n) is 2.32. The lowest BCUT2D eigenvalue weighted by molar-refractivity contribution is -0.0181. The second kappa shape index (κ2) is 10.6. The number of aliphatic hydroxyl groups excluding tert-OH is 1. The predicted octanol–water partition coefficient (Wildman–Crippen LogP) is 3.65. The normalized spacial score (nSPS) is 19.3. The van der Waals surface area contributed by atoms with Crippen LogP contribution >= 0.6 is 28.0 Å². The first-order chi connectivity index (χ1) is 13.0. The molecule has 146 valence electrons. The van der Waals surface area contributed by atoms with Crippen molar-refractivity contribution in [2.24, 2.45) is 0 Å². The van der Waals surface area contributed by atoms with Crippen molar-refractivity contribution >= 4 is 46.1 Å². The average Bonchev–Trinajstić information content (AvgIpc) is 3.18. The monoisotopic (exact) mass is 458 g/mol. The molecule has 0 spiro atoms. The average molecular weight is 459 g/mol. The summed E-state index contributed by atoms with van der Waals surface area (Å²) in [6.45, 7) is 2.48. The van der Waals surface area contributed by atoms with E-state index in [0.717, 1.165) is 24.5 Å². The van der Waals surface area contributed by atoms with Gasteiger partial charge < -0.3 is 31.3 Å². The van der Waals surface area contributed by atoms with Gasteiger partial charge in [0.1, 0.15) is 17.9 Å². The van der Waals surface area contributed by atoms with Gasteiger partial charge in [0, 0.05) is 47.8 Å². The highest BCUT2D eigenvalue weighted by atomic mass is 79.9. The zero-order valence-corrected chi connectivity index (χ0v) is 16.9. The number of allylic oxidation sites excluding steroid dienone is 1. The summed E-state index contributed by atoms with van der Waals surface area (Å²) in [5.41, 5.74) is 1.39. The Kier molecular flexibility index (Phi) is 8.45. The van der Waals surface area contributed by atoms with E-state index in [9.17, 15) is 9.50 Å². The van der Waals surface area contributed by atoms with Gasteiger partial charge in [-0.2, -0.15) is 0 Å². The summed E-state index contributed by atoms with van der Waals surface area (Å²) in [4.78, 5) is 0. The van der Waals surface area contributed by atoms with Crippen LogP contribution in [-0.4, -0.2) is 36.1 Å². The molecule has 1 aromatic rings. The molecule has 0 aliphatic carbocycles. The van der Waals surface area contributed by atoms with Crippen LogP contribution < -0.4 is 10.6 Å². The van der Waals surface area contributed by atoms with E-state index in [1.165, 1.54) is 24.3 Å². The minimum atomic E-state index is -1.23. The van der Waals surface area contributed by atoms with Crippen LogP contribution in [0.1, 0.15) is 18.8 Å². The van der Waals surface area contributed by atoms with Crippen molar-refractivity contribution in [1.29, 1.82) is 10.8 Å². The molecule has 5 N–H and O–H groups in total. The Bertz CT molecular complexity index is 754. The van der Waals surface area contributed by atoms with Gasteiger partial charge in [0.05, 0.1) is 10.3 Å². The fraction of sp³-hybridized carbons (Fsp3) is 0.294. The molecule has 0 amide bonds. The van der Waals surface area contributed by atoms with Crippen LogP contribution in [0, 0.1) is 16.6 Å². The molecule has 2 rings (SSSR count). The predicted molar refractivity (Wildman–Crippen MR) is 109 cm³/mol. The Morgan fingerprint density at radius 1 is 1.52 bits per heavy atom. The van der Waals surface area contributed by atoms with Gasteiger partial charge in [-0.3, -0.25) is 4.18 Å². The number of anilines is 1. The maximum absolute atomic E-state index is 13.7. The molecular weight excluding hydrogens is 439 g/mol. The molecule has 10 heteroatoms.